The van der Waals surface area contributed by atoms with Crippen molar-refractivity contribution in [2.24, 2.45) is 0 Å². The van der Waals surface area contributed by atoms with E-state index in [1.807, 2.05) is 0 Å². The molecule has 0 aliphatic carbocycles. The van der Waals surface area contributed by atoms with E-state index in [1.165, 1.54) is 12.1 Å². The highest BCUT2D eigenvalue weighted by Gasteiger charge is 2.30. The Morgan fingerprint density at radius 2 is 1.88 bits per heavy atom. The highest BCUT2D eigenvalue weighted by molar-refractivity contribution is 5.79. The van der Waals surface area contributed by atoms with Gasteiger partial charge in [0.25, 0.3) is 0 Å². The number of ether oxygens (including phenoxy) is 1. The molecule has 0 saturated heterocycles. The van der Waals surface area contributed by atoms with Gasteiger partial charge in [-0.3, -0.25) is 4.79 Å². The number of rotatable bonds is 4. The van der Waals surface area contributed by atoms with E-state index in [2.05, 4.69) is 4.98 Å². The summed E-state index contributed by atoms with van der Waals surface area (Å²) in [5, 5.41) is 0. The molecule has 0 amide bonds. The standard InChI is InChI=1S/C18H15F3N2O2/c1-2-25-16(24)11-15-22-17(14-5-3-4-10-23(14)15)12-6-8-13(9-7-12)18(19,20)21/h3-10H,2,11H2,1H3. The van der Waals surface area contributed by atoms with Gasteiger partial charge in [-0.2, -0.15) is 13.2 Å². The second-order valence-corrected chi connectivity index (χ2v) is 5.39. The minimum Gasteiger partial charge on any atom is -0.466 e. The Balaban J connectivity index is 2.03. The normalized spacial score (nSPS) is 11.7. The van der Waals surface area contributed by atoms with E-state index in [4.69, 9.17) is 4.74 Å². The number of fused-ring (bicyclic) bond motifs is 1. The Hall–Kier alpha value is -2.83. The van der Waals surface area contributed by atoms with Crippen molar-refractivity contribution in [1.29, 1.82) is 0 Å². The summed E-state index contributed by atoms with van der Waals surface area (Å²) in [7, 11) is 0. The third-order valence-electron chi connectivity index (χ3n) is 3.71. The molecule has 0 bridgehead atoms. The first kappa shape index (κ1) is 17.0. The Labute approximate surface area is 141 Å². The lowest BCUT2D eigenvalue weighted by Crippen LogP contribution is -2.10. The van der Waals surface area contributed by atoms with E-state index in [0.717, 1.165) is 12.1 Å². The Morgan fingerprint density at radius 1 is 1.16 bits per heavy atom. The van der Waals surface area contributed by atoms with Crippen LogP contribution in [0, 0.1) is 0 Å². The average Bonchev–Trinajstić information content (AvgIpc) is 2.93. The van der Waals surface area contributed by atoms with Crippen LogP contribution < -0.4 is 0 Å². The summed E-state index contributed by atoms with van der Waals surface area (Å²) in [6, 6.07) is 10.2. The third kappa shape index (κ3) is 3.50. The number of halogens is 3. The van der Waals surface area contributed by atoms with Gasteiger partial charge < -0.3 is 9.14 Å². The minimum absolute atomic E-state index is 0.0142. The molecule has 3 aromatic rings. The molecule has 0 unspecified atom stereocenters. The van der Waals surface area contributed by atoms with Crippen molar-refractivity contribution in [2.45, 2.75) is 19.5 Å². The van der Waals surface area contributed by atoms with Crippen LogP contribution in [0.25, 0.3) is 16.8 Å². The molecule has 25 heavy (non-hydrogen) atoms. The van der Waals surface area contributed by atoms with E-state index in [-0.39, 0.29) is 13.0 Å². The number of carbonyl (C=O) groups excluding carboxylic acids is 1. The van der Waals surface area contributed by atoms with Gasteiger partial charge in [-0.05, 0) is 31.2 Å². The Morgan fingerprint density at radius 3 is 2.52 bits per heavy atom. The molecule has 0 atom stereocenters. The molecule has 2 aromatic heterocycles. The predicted octanol–water partition coefficient (Wildman–Crippen LogP) is 4.13. The maximum atomic E-state index is 12.7. The number of aromatic nitrogens is 2. The van der Waals surface area contributed by atoms with E-state index in [1.54, 1.807) is 35.7 Å². The summed E-state index contributed by atoms with van der Waals surface area (Å²) in [6.45, 7) is 1.99. The van der Waals surface area contributed by atoms with Crippen LogP contribution in [0.4, 0.5) is 13.2 Å². The van der Waals surface area contributed by atoms with Crippen LogP contribution in [0.2, 0.25) is 0 Å². The van der Waals surface area contributed by atoms with Crippen LogP contribution >= 0.6 is 0 Å². The topological polar surface area (TPSA) is 43.6 Å². The fourth-order valence-electron chi connectivity index (χ4n) is 2.60. The molecule has 0 radical (unpaired) electrons. The number of esters is 1. The number of alkyl halides is 3. The molecule has 0 spiro atoms. The van der Waals surface area contributed by atoms with Crippen LogP contribution in [0.1, 0.15) is 18.3 Å². The molecule has 4 nitrogen and oxygen atoms in total. The second kappa shape index (κ2) is 6.58. The van der Waals surface area contributed by atoms with Crippen LogP contribution in [-0.4, -0.2) is 22.0 Å². The Kier molecular flexibility index (Phi) is 4.48. The Bertz CT molecular complexity index is 899. The van der Waals surface area contributed by atoms with E-state index in [9.17, 15) is 18.0 Å². The maximum absolute atomic E-state index is 12.7. The number of nitrogens with zero attached hydrogens (tertiary/aromatic N) is 2. The molecule has 0 aliphatic heterocycles. The van der Waals surface area contributed by atoms with Gasteiger partial charge in [0.05, 0.1) is 23.4 Å². The van der Waals surface area contributed by atoms with Gasteiger partial charge in [0.1, 0.15) is 12.2 Å². The van der Waals surface area contributed by atoms with Gasteiger partial charge in [0, 0.05) is 11.8 Å². The third-order valence-corrected chi connectivity index (χ3v) is 3.71. The quantitative estimate of drug-likeness (QED) is 0.666. The van der Waals surface area contributed by atoms with Gasteiger partial charge in [-0.25, -0.2) is 4.98 Å². The molecular weight excluding hydrogens is 333 g/mol. The highest BCUT2D eigenvalue weighted by atomic mass is 19.4. The fourth-order valence-corrected chi connectivity index (χ4v) is 2.60. The van der Waals surface area contributed by atoms with Crippen molar-refractivity contribution in [2.75, 3.05) is 6.61 Å². The molecule has 2 heterocycles. The fraction of sp³-hybridized carbons (Fsp3) is 0.222. The molecule has 0 N–H and O–H groups in total. The monoisotopic (exact) mass is 348 g/mol. The summed E-state index contributed by atoms with van der Waals surface area (Å²) >= 11 is 0. The first-order valence-electron chi connectivity index (χ1n) is 7.69. The van der Waals surface area contributed by atoms with Gasteiger partial charge in [0.2, 0.25) is 0 Å². The van der Waals surface area contributed by atoms with Crippen molar-refractivity contribution in [3.05, 3.63) is 60.0 Å². The summed E-state index contributed by atoms with van der Waals surface area (Å²) in [4.78, 5) is 16.2. The first-order chi connectivity index (χ1) is 11.9. The van der Waals surface area contributed by atoms with Crippen LogP contribution in [0.5, 0.6) is 0 Å². The van der Waals surface area contributed by atoms with Gasteiger partial charge >= 0.3 is 12.1 Å². The van der Waals surface area contributed by atoms with E-state index >= 15 is 0 Å². The molecule has 0 saturated carbocycles. The SMILES string of the molecule is CCOC(=O)Cc1nc(-c2ccc(C(F)(F)F)cc2)c2ccccn12. The first-order valence-corrected chi connectivity index (χ1v) is 7.69. The van der Waals surface area contributed by atoms with Gasteiger partial charge in [-0.15, -0.1) is 0 Å². The zero-order chi connectivity index (χ0) is 18.0. The van der Waals surface area contributed by atoms with Crippen molar-refractivity contribution in [1.82, 2.24) is 9.38 Å². The number of benzene rings is 1. The lowest BCUT2D eigenvalue weighted by Gasteiger charge is -2.06. The van der Waals surface area contributed by atoms with E-state index in [0.29, 0.717) is 22.6 Å². The smallest absolute Gasteiger partial charge is 0.416 e. The maximum Gasteiger partial charge on any atom is 0.416 e. The molecule has 3 rings (SSSR count). The second-order valence-electron chi connectivity index (χ2n) is 5.39. The van der Waals surface area contributed by atoms with Gasteiger partial charge in [-0.1, -0.05) is 18.2 Å². The number of hydrogen-bond acceptors (Lipinski definition) is 3. The van der Waals surface area contributed by atoms with Crippen molar-refractivity contribution in [3.63, 3.8) is 0 Å². The number of carbonyl (C=O) groups is 1. The molecule has 7 heteroatoms. The molecule has 0 aliphatic rings. The number of hydrogen-bond donors (Lipinski definition) is 0. The van der Waals surface area contributed by atoms with Crippen molar-refractivity contribution >= 4 is 11.5 Å². The molecular formula is C18H15F3N2O2. The van der Waals surface area contributed by atoms with Gasteiger partial charge in [0.15, 0.2) is 0 Å². The molecule has 0 fully saturated rings. The van der Waals surface area contributed by atoms with E-state index < -0.39 is 17.7 Å². The summed E-state index contributed by atoms with van der Waals surface area (Å²) in [5.41, 5.74) is 1.06. The summed E-state index contributed by atoms with van der Waals surface area (Å²) in [6.07, 6.45) is -2.64. The zero-order valence-corrected chi connectivity index (χ0v) is 13.4. The largest absolute Gasteiger partial charge is 0.466 e. The predicted molar refractivity (Wildman–Crippen MR) is 86.0 cm³/mol. The molecule has 130 valence electrons. The van der Waals surface area contributed by atoms with Crippen LogP contribution in [-0.2, 0) is 22.1 Å². The lowest BCUT2D eigenvalue weighted by molar-refractivity contribution is -0.142. The number of pyridine rings is 1. The van der Waals surface area contributed by atoms with Crippen molar-refractivity contribution in [3.8, 4) is 11.3 Å². The molecule has 1 aromatic carbocycles. The lowest BCUT2D eigenvalue weighted by atomic mass is 10.1. The minimum atomic E-state index is -4.39. The van der Waals surface area contributed by atoms with Crippen molar-refractivity contribution < 1.29 is 22.7 Å². The number of imidazole rings is 1. The van der Waals surface area contributed by atoms with Crippen LogP contribution in [0.15, 0.2) is 48.7 Å². The zero-order valence-electron chi connectivity index (χ0n) is 13.4. The highest BCUT2D eigenvalue weighted by Crippen LogP contribution is 2.32. The summed E-state index contributed by atoms with van der Waals surface area (Å²) in [5.74, 6) is 0.0705. The summed E-state index contributed by atoms with van der Waals surface area (Å²) < 4.78 is 44.9. The van der Waals surface area contributed by atoms with Crippen LogP contribution in [0.3, 0.4) is 0 Å². The average molecular weight is 348 g/mol.